The quantitative estimate of drug-likeness (QED) is 0.839. The standard InChI is InChI=1S/C12H21N3O3S/c1-13-4-3-5-15(7-6-13)19(17,18)12-8-11(10-16)14(2)9-12/h8-9,16H,3-7,10H2,1-2H3. The lowest BCUT2D eigenvalue weighted by Gasteiger charge is -2.19. The molecule has 6 nitrogen and oxygen atoms in total. The van der Waals surface area contributed by atoms with Crippen molar-refractivity contribution in [2.45, 2.75) is 17.9 Å². The van der Waals surface area contributed by atoms with Gasteiger partial charge in [0.2, 0.25) is 10.0 Å². The van der Waals surface area contributed by atoms with Gasteiger partial charge in [0.15, 0.2) is 0 Å². The van der Waals surface area contributed by atoms with Gasteiger partial charge in [-0.1, -0.05) is 0 Å². The lowest BCUT2D eigenvalue weighted by molar-refractivity contribution is 0.272. The SMILES string of the molecule is CN1CCCN(S(=O)(=O)c2cc(CO)n(C)c2)CC1. The first kappa shape index (κ1) is 14.5. The zero-order valence-electron chi connectivity index (χ0n) is 11.4. The lowest BCUT2D eigenvalue weighted by Crippen LogP contribution is -2.34. The average Bonchev–Trinajstić information content (AvgIpc) is 2.60. The summed E-state index contributed by atoms with van der Waals surface area (Å²) in [5, 5.41) is 9.15. The van der Waals surface area contributed by atoms with Crippen molar-refractivity contribution in [1.82, 2.24) is 13.8 Å². The predicted octanol–water partition coefficient (Wildman–Crippen LogP) is -0.156. The summed E-state index contributed by atoms with van der Waals surface area (Å²) >= 11 is 0. The first-order valence-corrected chi connectivity index (χ1v) is 7.84. The minimum Gasteiger partial charge on any atom is -0.390 e. The number of hydrogen-bond acceptors (Lipinski definition) is 4. The number of aliphatic hydroxyl groups is 1. The molecular weight excluding hydrogens is 266 g/mol. The number of sulfonamides is 1. The van der Waals surface area contributed by atoms with E-state index in [0.29, 0.717) is 18.8 Å². The first-order valence-electron chi connectivity index (χ1n) is 6.40. The van der Waals surface area contributed by atoms with Crippen LogP contribution in [0.5, 0.6) is 0 Å². The van der Waals surface area contributed by atoms with Gasteiger partial charge in [0.1, 0.15) is 4.90 Å². The summed E-state index contributed by atoms with van der Waals surface area (Å²) in [6.45, 7) is 2.58. The molecule has 1 aliphatic heterocycles. The highest BCUT2D eigenvalue weighted by molar-refractivity contribution is 7.89. The summed E-state index contributed by atoms with van der Waals surface area (Å²) in [5.74, 6) is 0. The van der Waals surface area contributed by atoms with Crippen LogP contribution in [0.4, 0.5) is 0 Å². The van der Waals surface area contributed by atoms with Crippen LogP contribution in [0, 0.1) is 0 Å². The summed E-state index contributed by atoms with van der Waals surface area (Å²) in [5.41, 5.74) is 0.602. The molecule has 0 atom stereocenters. The van der Waals surface area contributed by atoms with Crippen LogP contribution in [0.2, 0.25) is 0 Å². The summed E-state index contributed by atoms with van der Waals surface area (Å²) in [4.78, 5) is 2.41. The zero-order valence-corrected chi connectivity index (χ0v) is 12.2. The van der Waals surface area contributed by atoms with E-state index in [9.17, 15) is 8.42 Å². The van der Waals surface area contributed by atoms with Crippen LogP contribution < -0.4 is 0 Å². The van der Waals surface area contributed by atoms with Crippen molar-refractivity contribution in [2.75, 3.05) is 33.2 Å². The summed E-state index contributed by atoms with van der Waals surface area (Å²) in [6, 6.07) is 1.55. The van der Waals surface area contributed by atoms with Crippen LogP contribution >= 0.6 is 0 Å². The number of hydrogen-bond donors (Lipinski definition) is 1. The van der Waals surface area contributed by atoms with Crippen LogP contribution in [-0.2, 0) is 23.7 Å². The maximum absolute atomic E-state index is 12.5. The van der Waals surface area contributed by atoms with Gasteiger partial charge in [-0.25, -0.2) is 8.42 Å². The monoisotopic (exact) mass is 287 g/mol. The maximum atomic E-state index is 12.5. The molecule has 0 saturated carbocycles. The second kappa shape index (κ2) is 5.62. The van der Waals surface area contributed by atoms with Crippen molar-refractivity contribution in [3.63, 3.8) is 0 Å². The molecule has 0 radical (unpaired) electrons. The molecule has 1 fully saturated rings. The first-order chi connectivity index (χ1) is 8.95. The van der Waals surface area contributed by atoms with Gasteiger partial charge in [0, 0.05) is 38.6 Å². The van der Waals surface area contributed by atoms with Gasteiger partial charge < -0.3 is 14.6 Å². The van der Waals surface area contributed by atoms with Gasteiger partial charge in [-0.2, -0.15) is 4.31 Å². The van der Waals surface area contributed by atoms with Gasteiger partial charge in [-0.05, 0) is 26.1 Å². The van der Waals surface area contributed by atoms with Crippen molar-refractivity contribution >= 4 is 10.0 Å². The molecule has 1 saturated heterocycles. The Morgan fingerprint density at radius 3 is 2.58 bits per heavy atom. The van der Waals surface area contributed by atoms with Crippen molar-refractivity contribution < 1.29 is 13.5 Å². The minimum atomic E-state index is -3.45. The van der Waals surface area contributed by atoms with E-state index in [-0.39, 0.29) is 11.5 Å². The molecule has 2 heterocycles. The zero-order chi connectivity index (χ0) is 14.0. The molecule has 7 heteroatoms. The van der Waals surface area contributed by atoms with Crippen molar-refractivity contribution in [1.29, 1.82) is 0 Å². The molecule has 1 aromatic heterocycles. The van der Waals surface area contributed by atoms with E-state index in [2.05, 4.69) is 4.90 Å². The topological polar surface area (TPSA) is 65.8 Å². The van der Waals surface area contributed by atoms with E-state index in [1.165, 1.54) is 4.31 Å². The molecule has 0 aliphatic carbocycles. The number of nitrogens with zero attached hydrogens (tertiary/aromatic N) is 3. The van der Waals surface area contributed by atoms with Crippen LogP contribution in [0.25, 0.3) is 0 Å². The minimum absolute atomic E-state index is 0.158. The van der Waals surface area contributed by atoms with Crippen LogP contribution in [-0.4, -0.2) is 60.5 Å². The fourth-order valence-electron chi connectivity index (χ4n) is 2.29. The molecule has 1 aliphatic rings. The number of aliphatic hydroxyl groups excluding tert-OH is 1. The van der Waals surface area contributed by atoms with Crippen LogP contribution in [0.1, 0.15) is 12.1 Å². The van der Waals surface area contributed by atoms with Gasteiger partial charge in [0.25, 0.3) is 0 Å². The predicted molar refractivity (Wildman–Crippen MR) is 72.2 cm³/mol. The normalized spacial score (nSPS) is 19.5. The number of aromatic nitrogens is 1. The molecule has 0 spiro atoms. The third kappa shape index (κ3) is 3.00. The third-order valence-corrected chi connectivity index (χ3v) is 5.43. The Bertz CT molecular complexity index is 538. The lowest BCUT2D eigenvalue weighted by atomic mass is 10.4. The van der Waals surface area contributed by atoms with E-state index >= 15 is 0 Å². The van der Waals surface area contributed by atoms with E-state index < -0.39 is 10.0 Å². The highest BCUT2D eigenvalue weighted by atomic mass is 32.2. The molecule has 2 rings (SSSR count). The van der Waals surface area contributed by atoms with Gasteiger partial charge in [-0.3, -0.25) is 0 Å². The van der Waals surface area contributed by atoms with Crippen molar-refractivity contribution in [3.8, 4) is 0 Å². The Hall–Kier alpha value is -0.890. The third-order valence-electron chi connectivity index (χ3n) is 3.56. The average molecular weight is 287 g/mol. The second-order valence-corrected chi connectivity index (χ2v) is 6.94. The Balaban J connectivity index is 2.25. The second-order valence-electron chi connectivity index (χ2n) is 5.00. The van der Waals surface area contributed by atoms with E-state index in [1.54, 1.807) is 23.9 Å². The highest BCUT2D eigenvalue weighted by Gasteiger charge is 2.27. The van der Waals surface area contributed by atoms with E-state index in [1.807, 2.05) is 7.05 Å². The van der Waals surface area contributed by atoms with E-state index in [0.717, 1.165) is 19.5 Å². The molecule has 19 heavy (non-hydrogen) atoms. The van der Waals surface area contributed by atoms with Gasteiger partial charge in [0.05, 0.1) is 6.61 Å². The fourth-order valence-corrected chi connectivity index (χ4v) is 3.85. The number of rotatable bonds is 3. The van der Waals surface area contributed by atoms with Gasteiger partial charge >= 0.3 is 0 Å². The summed E-state index contributed by atoms with van der Waals surface area (Å²) in [7, 11) is 0.294. The maximum Gasteiger partial charge on any atom is 0.244 e. The van der Waals surface area contributed by atoms with Crippen molar-refractivity contribution in [2.24, 2.45) is 7.05 Å². The molecule has 0 unspecified atom stereocenters. The molecule has 0 amide bonds. The molecular formula is C12H21N3O3S. The largest absolute Gasteiger partial charge is 0.390 e. The van der Waals surface area contributed by atoms with Crippen LogP contribution in [0.15, 0.2) is 17.2 Å². The fraction of sp³-hybridized carbons (Fsp3) is 0.667. The summed E-state index contributed by atoms with van der Waals surface area (Å²) in [6.07, 6.45) is 2.41. The van der Waals surface area contributed by atoms with Crippen molar-refractivity contribution in [3.05, 3.63) is 18.0 Å². The summed E-state index contributed by atoms with van der Waals surface area (Å²) < 4.78 is 28.3. The highest BCUT2D eigenvalue weighted by Crippen LogP contribution is 2.19. The van der Waals surface area contributed by atoms with Crippen LogP contribution in [0.3, 0.4) is 0 Å². The number of likely N-dealkylation sites (N-methyl/N-ethyl adjacent to an activating group) is 1. The Morgan fingerprint density at radius 1 is 1.21 bits per heavy atom. The smallest absolute Gasteiger partial charge is 0.244 e. The Kier molecular flexibility index (Phi) is 4.29. The molecule has 1 aromatic rings. The molecule has 0 aromatic carbocycles. The van der Waals surface area contributed by atoms with E-state index in [4.69, 9.17) is 5.11 Å². The Morgan fingerprint density at radius 2 is 1.95 bits per heavy atom. The molecule has 1 N–H and O–H groups in total. The number of aryl methyl sites for hydroxylation is 1. The van der Waals surface area contributed by atoms with Gasteiger partial charge in [-0.15, -0.1) is 0 Å². The Labute approximate surface area is 114 Å². The molecule has 108 valence electrons. The molecule has 0 bridgehead atoms.